The van der Waals surface area contributed by atoms with Crippen LogP contribution in [0.2, 0.25) is 0 Å². The van der Waals surface area contributed by atoms with E-state index < -0.39 is 28.5 Å². The normalized spacial score (nSPS) is 15.0. The summed E-state index contributed by atoms with van der Waals surface area (Å²) in [7, 11) is -0.642. The number of carbonyl (C=O) groups is 2. The van der Waals surface area contributed by atoms with Crippen molar-refractivity contribution in [2.45, 2.75) is 24.7 Å². The molecule has 9 nitrogen and oxygen atoms in total. The number of piperidine rings is 1. The summed E-state index contributed by atoms with van der Waals surface area (Å²) >= 11 is 0. The van der Waals surface area contributed by atoms with E-state index in [1.165, 1.54) is 42.8 Å². The Bertz CT molecular complexity index is 1090. The van der Waals surface area contributed by atoms with E-state index in [1.54, 1.807) is 18.2 Å². The van der Waals surface area contributed by atoms with Crippen molar-refractivity contribution in [1.82, 2.24) is 4.31 Å². The molecule has 1 aliphatic rings. The highest BCUT2D eigenvalue weighted by Crippen LogP contribution is 2.29. The van der Waals surface area contributed by atoms with Gasteiger partial charge >= 0.3 is 5.97 Å². The van der Waals surface area contributed by atoms with Crippen molar-refractivity contribution >= 4 is 27.6 Å². The molecule has 1 aliphatic heterocycles. The van der Waals surface area contributed by atoms with E-state index in [9.17, 15) is 18.0 Å². The van der Waals surface area contributed by atoms with Crippen LogP contribution in [0.25, 0.3) is 0 Å². The third-order valence-electron chi connectivity index (χ3n) is 5.49. The number of carbonyl (C=O) groups excluding carboxylic acids is 2. The largest absolute Gasteiger partial charge is 0.497 e. The van der Waals surface area contributed by atoms with Gasteiger partial charge in [-0.25, -0.2) is 13.2 Å². The smallest absolute Gasteiger partial charge is 0.338 e. The van der Waals surface area contributed by atoms with Gasteiger partial charge in [-0.1, -0.05) is 6.92 Å². The minimum Gasteiger partial charge on any atom is -0.497 e. The van der Waals surface area contributed by atoms with Gasteiger partial charge in [-0.05, 0) is 55.2 Å². The Labute approximate surface area is 193 Å². The fraction of sp³-hybridized carbons (Fsp3) is 0.391. The van der Waals surface area contributed by atoms with Crippen molar-refractivity contribution in [2.24, 2.45) is 5.92 Å². The molecule has 3 rings (SSSR count). The van der Waals surface area contributed by atoms with Gasteiger partial charge in [0.1, 0.15) is 11.5 Å². The number of rotatable bonds is 8. The molecular formula is C23H28N2O7S. The molecule has 0 aliphatic carbocycles. The van der Waals surface area contributed by atoms with Gasteiger partial charge in [0.15, 0.2) is 6.61 Å². The molecule has 0 aromatic heterocycles. The molecule has 2 aromatic carbocycles. The lowest BCUT2D eigenvalue weighted by Crippen LogP contribution is -2.37. The van der Waals surface area contributed by atoms with E-state index in [0.29, 0.717) is 36.2 Å². The van der Waals surface area contributed by atoms with Crippen molar-refractivity contribution in [2.75, 3.05) is 39.2 Å². The molecule has 1 N–H and O–H groups in total. The van der Waals surface area contributed by atoms with Gasteiger partial charge < -0.3 is 19.5 Å². The Morgan fingerprint density at radius 2 is 1.70 bits per heavy atom. The maximum absolute atomic E-state index is 12.8. The molecule has 10 heteroatoms. The number of nitrogens with zero attached hydrogens (tertiary/aromatic N) is 1. The first-order valence-corrected chi connectivity index (χ1v) is 12.0. The predicted octanol–water partition coefficient (Wildman–Crippen LogP) is 2.92. The van der Waals surface area contributed by atoms with E-state index >= 15 is 0 Å². The standard InChI is InChI=1S/C23H28N2O7S/c1-16-10-12-25(13-11-16)33(28,29)19-7-4-17(5-8-19)23(27)32-15-22(26)24-20-14-18(30-2)6-9-21(20)31-3/h4-9,14,16H,10-13,15H2,1-3H3,(H,24,26). The summed E-state index contributed by atoms with van der Waals surface area (Å²) in [5, 5.41) is 2.61. The quantitative estimate of drug-likeness (QED) is 0.583. The van der Waals surface area contributed by atoms with Crippen LogP contribution in [0.15, 0.2) is 47.4 Å². The molecule has 2 aromatic rings. The lowest BCUT2D eigenvalue weighted by atomic mass is 10.0. The first kappa shape index (κ1) is 24.5. The van der Waals surface area contributed by atoms with Gasteiger partial charge in [0.2, 0.25) is 10.0 Å². The average Bonchev–Trinajstić information content (AvgIpc) is 2.82. The number of hydrogen-bond donors (Lipinski definition) is 1. The molecule has 0 radical (unpaired) electrons. The Balaban J connectivity index is 1.58. The molecule has 1 fully saturated rings. The highest BCUT2D eigenvalue weighted by atomic mass is 32.2. The minimum atomic E-state index is -3.61. The van der Waals surface area contributed by atoms with Gasteiger partial charge in [-0.2, -0.15) is 4.31 Å². The van der Waals surface area contributed by atoms with Gasteiger partial charge in [-0.3, -0.25) is 4.79 Å². The van der Waals surface area contributed by atoms with Crippen LogP contribution < -0.4 is 14.8 Å². The van der Waals surface area contributed by atoms with Crippen LogP contribution in [0.3, 0.4) is 0 Å². The topological polar surface area (TPSA) is 111 Å². The molecular weight excluding hydrogens is 448 g/mol. The van der Waals surface area contributed by atoms with Crippen LogP contribution in [0.5, 0.6) is 11.5 Å². The van der Waals surface area contributed by atoms with E-state index in [-0.39, 0.29) is 10.5 Å². The lowest BCUT2D eigenvalue weighted by Gasteiger charge is -2.29. The number of esters is 1. The number of anilines is 1. The summed E-state index contributed by atoms with van der Waals surface area (Å²) < 4.78 is 42.5. The van der Waals surface area contributed by atoms with Crippen molar-refractivity contribution < 1.29 is 32.2 Å². The fourth-order valence-corrected chi connectivity index (χ4v) is 4.92. The maximum atomic E-state index is 12.8. The number of ether oxygens (including phenoxy) is 3. The van der Waals surface area contributed by atoms with Crippen LogP contribution in [0, 0.1) is 5.92 Å². The molecule has 0 unspecified atom stereocenters. The van der Waals surface area contributed by atoms with E-state index in [2.05, 4.69) is 12.2 Å². The van der Waals surface area contributed by atoms with Gasteiger partial charge in [0.25, 0.3) is 5.91 Å². The van der Waals surface area contributed by atoms with Crippen LogP contribution in [0.4, 0.5) is 5.69 Å². The van der Waals surface area contributed by atoms with E-state index in [0.717, 1.165) is 12.8 Å². The van der Waals surface area contributed by atoms with Crippen LogP contribution in [-0.4, -0.2) is 58.5 Å². The highest BCUT2D eigenvalue weighted by molar-refractivity contribution is 7.89. The van der Waals surface area contributed by atoms with Crippen LogP contribution >= 0.6 is 0 Å². The van der Waals surface area contributed by atoms with Crippen molar-refractivity contribution in [1.29, 1.82) is 0 Å². The average molecular weight is 477 g/mol. The SMILES string of the molecule is COc1ccc(OC)c(NC(=O)COC(=O)c2ccc(S(=O)(=O)N3CCC(C)CC3)cc2)c1. The third-order valence-corrected chi connectivity index (χ3v) is 7.40. The number of sulfonamides is 1. The summed E-state index contributed by atoms with van der Waals surface area (Å²) in [6.45, 7) is 2.56. The van der Waals surface area contributed by atoms with Crippen molar-refractivity contribution in [3.05, 3.63) is 48.0 Å². The third kappa shape index (κ3) is 6.02. The maximum Gasteiger partial charge on any atom is 0.338 e. The number of nitrogens with one attached hydrogen (secondary N) is 1. The van der Waals surface area contributed by atoms with E-state index in [4.69, 9.17) is 14.2 Å². The zero-order valence-corrected chi connectivity index (χ0v) is 19.7. The molecule has 1 heterocycles. The van der Waals surface area contributed by atoms with Gasteiger partial charge in [0.05, 0.1) is 30.4 Å². The molecule has 0 bridgehead atoms. The Hall–Kier alpha value is -3.11. The van der Waals surface area contributed by atoms with Crippen LogP contribution in [-0.2, 0) is 19.6 Å². The predicted molar refractivity (Wildman–Crippen MR) is 122 cm³/mol. The molecule has 0 saturated carbocycles. The Morgan fingerprint density at radius 3 is 2.30 bits per heavy atom. The highest BCUT2D eigenvalue weighted by Gasteiger charge is 2.28. The summed E-state index contributed by atoms with van der Waals surface area (Å²) in [6.07, 6.45) is 1.65. The van der Waals surface area contributed by atoms with Crippen LogP contribution in [0.1, 0.15) is 30.1 Å². The second kappa shape index (κ2) is 10.7. The molecule has 1 amide bonds. The minimum absolute atomic E-state index is 0.122. The van der Waals surface area contributed by atoms with Gasteiger partial charge in [-0.15, -0.1) is 0 Å². The van der Waals surface area contributed by atoms with Crippen molar-refractivity contribution in [3.63, 3.8) is 0 Å². The second-order valence-electron chi connectivity index (χ2n) is 7.80. The van der Waals surface area contributed by atoms with E-state index in [1.807, 2.05) is 0 Å². The zero-order chi connectivity index (χ0) is 24.0. The number of hydrogen-bond acceptors (Lipinski definition) is 7. The Kier molecular flexibility index (Phi) is 7.93. The first-order chi connectivity index (χ1) is 15.7. The summed E-state index contributed by atoms with van der Waals surface area (Å²) in [5.74, 6) is 0.162. The Morgan fingerprint density at radius 1 is 1.03 bits per heavy atom. The molecule has 33 heavy (non-hydrogen) atoms. The summed E-state index contributed by atoms with van der Waals surface area (Å²) in [5.41, 5.74) is 0.521. The fourth-order valence-electron chi connectivity index (χ4n) is 3.45. The number of amides is 1. The lowest BCUT2D eigenvalue weighted by molar-refractivity contribution is -0.119. The van der Waals surface area contributed by atoms with Crippen molar-refractivity contribution in [3.8, 4) is 11.5 Å². The summed E-state index contributed by atoms with van der Waals surface area (Å²) in [4.78, 5) is 24.7. The number of methoxy groups -OCH3 is 2. The monoisotopic (exact) mass is 476 g/mol. The zero-order valence-electron chi connectivity index (χ0n) is 18.9. The summed E-state index contributed by atoms with van der Waals surface area (Å²) in [6, 6.07) is 10.4. The number of benzene rings is 2. The molecule has 178 valence electrons. The molecule has 0 spiro atoms. The molecule has 0 atom stereocenters. The first-order valence-electron chi connectivity index (χ1n) is 10.5. The molecule has 1 saturated heterocycles. The van der Waals surface area contributed by atoms with Gasteiger partial charge in [0, 0.05) is 19.2 Å². The second-order valence-corrected chi connectivity index (χ2v) is 9.74.